The van der Waals surface area contributed by atoms with Crippen LogP contribution in [0.15, 0.2) is 42.0 Å². The van der Waals surface area contributed by atoms with Gasteiger partial charge in [0.2, 0.25) is 0 Å². The Morgan fingerprint density at radius 2 is 1.69 bits per heavy atom. The lowest BCUT2D eigenvalue weighted by molar-refractivity contribution is -0.140. The molecule has 0 aliphatic carbocycles. The molecule has 230 valence electrons. The van der Waals surface area contributed by atoms with Crippen molar-refractivity contribution in [3.8, 4) is 17.2 Å². The highest BCUT2D eigenvalue weighted by Crippen LogP contribution is 2.42. The van der Waals surface area contributed by atoms with Gasteiger partial charge in [-0.2, -0.15) is 0 Å². The Bertz CT molecular complexity index is 1260. The standard InChI is InChI=1S/C34H48N2O6/c1-9-35(10-2)16-17-36-31(25-11-14-28(29(20-25)40-8)41-18-15-22(3)4)30(33(38)34(36)39)32(37)27-13-12-26(19-24(27)7)42-21-23(5)6/h11-14,19-20,22-23,31,37H,9-10,15-18,21H2,1-8H3/b32-30+. The van der Waals surface area contributed by atoms with Crippen LogP contribution in [0.5, 0.6) is 17.2 Å². The number of carbonyl (C=O) groups excluding carboxylic acids is 2. The largest absolute Gasteiger partial charge is 0.507 e. The fourth-order valence-corrected chi connectivity index (χ4v) is 5.02. The second-order valence-corrected chi connectivity index (χ2v) is 11.6. The van der Waals surface area contributed by atoms with Crippen molar-refractivity contribution in [1.82, 2.24) is 9.80 Å². The van der Waals surface area contributed by atoms with E-state index in [2.05, 4.69) is 46.4 Å². The maximum absolute atomic E-state index is 13.6. The second-order valence-electron chi connectivity index (χ2n) is 11.6. The van der Waals surface area contributed by atoms with Gasteiger partial charge in [0.25, 0.3) is 11.7 Å². The molecule has 1 fully saturated rings. The number of aliphatic hydroxyl groups is 1. The number of nitrogens with zero attached hydrogens (tertiary/aromatic N) is 2. The Kier molecular flexibility index (Phi) is 11.9. The zero-order valence-electron chi connectivity index (χ0n) is 26.5. The van der Waals surface area contributed by atoms with Crippen LogP contribution in [0.3, 0.4) is 0 Å². The number of hydrogen-bond donors (Lipinski definition) is 1. The molecule has 2 aromatic rings. The van der Waals surface area contributed by atoms with Gasteiger partial charge in [-0.25, -0.2) is 0 Å². The summed E-state index contributed by atoms with van der Waals surface area (Å²) in [6, 6.07) is 10.0. The van der Waals surface area contributed by atoms with Crippen LogP contribution in [-0.4, -0.2) is 73.1 Å². The number of aliphatic hydroxyl groups excluding tert-OH is 1. The summed E-state index contributed by atoms with van der Waals surface area (Å²) in [5.41, 5.74) is 1.96. The van der Waals surface area contributed by atoms with Crippen molar-refractivity contribution in [1.29, 1.82) is 0 Å². The number of amides is 1. The molecule has 2 aromatic carbocycles. The van der Waals surface area contributed by atoms with Crippen LogP contribution in [-0.2, 0) is 9.59 Å². The maximum Gasteiger partial charge on any atom is 0.295 e. The predicted octanol–water partition coefficient (Wildman–Crippen LogP) is 6.23. The van der Waals surface area contributed by atoms with E-state index in [0.29, 0.717) is 66.5 Å². The van der Waals surface area contributed by atoms with Gasteiger partial charge in [-0.05, 0) is 79.7 Å². The molecule has 1 atom stereocenters. The summed E-state index contributed by atoms with van der Waals surface area (Å²) < 4.78 is 17.5. The molecule has 0 bridgehead atoms. The lowest BCUT2D eigenvalue weighted by Gasteiger charge is -2.28. The van der Waals surface area contributed by atoms with Gasteiger partial charge in [-0.3, -0.25) is 9.59 Å². The van der Waals surface area contributed by atoms with Crippen molar-refractivity contribution in [2.24, 2.45) is 11.8 Å². The summed E-state index contributed by atoms with van der Waals surface area (Å²) in [6.07, 6.45) is 0.900. The quantitative estimate of drug-likeness (QED) is 0.152. The Morgan fingerprint density at radius 3 is 2.29 bits per heavy atom. The number of rotatable bonds is 15. The molecule has 1 aliphatic heterocycles. The molecule has 0 saturated carbocycles. The van der Waals surface area contributed by atoms with E-state index in [1.165, 1.54) is 0 Å². The molecule has 0 spiro atoms. The predicted molar refractivity (Wildman–Crippen MR) is 166 cm³/mol. The van der Waals surface area contributed by atoms with Gasteiger partial charge in [0.05, 0.1) is 31.9 Å². The number of carbonyl (C=O) groups is 2. The zero-order chi connectivity index (χ0) is 31.0. The van der Waals surface area contributed by atoms with Crippen molar-refractivity contribution >= 4 is 17.4 Å². The van der Waals surface area contributed by atoms with Gasteiger partial charge in [0.15, 0.2) is 11.5 Å². The molecule has 1 amide bonds. The average molecular weight is 581 g/mol. The van der Waals surface area contributed by atoms with Crippen LogP contribution >= 0.6 is 0 Å². The molecule has 8 heteroatoms. The third kappa shape index (κ3) is 7.85. The topological polar surface area (TPSA) is 88.5 Å². The first-order valence-corrected chi connectivity index (χ1v) is 15.1. The smallest absolute Gasteiger partial charge is 0.295 e. The Hall–Kier alpha value is -3.52. The molecule has 0 aromatic heterocycles. The van der Waals surface area contributed by atoms with Crippen molar-refractivity contribution in [2.75, 3.05) is 46.5 Å². The maximum atomic E-state index is 13.6. The first-order chi connectivity index (χ1) is 20.0. The zero-order valence-corrected chi connectivity index (χ0v) is 26.5. The SMILES string of the molecule is CCN(CC)CCN1C(=O)C(=O)/C(=C(/O)c2ccc(OCC(C)C)cc2C)C1c1ccc(OCCC(C)C)c(OC)c1. The van der Waals surface area contributed by atoms with Gasteiger partial charge in [0.1, 0.15) is 11.5 Å². The molecule has 3 rings (SSSR count). The van der Waals surface area contributed by atoms with Gasteiger partial charge in [0, 0.05) is 18.7 Å². The van der Waals surface area contributed by atoms with Crippen LogP contribution in [0, 0.1) is 18.8 Å². The lowest BCUT2D eigenvalue weighted by atomic mass is 9.93. The van der Waals surface area contributed by atoms with E-state index < -0.39 is 17.7 Å². The van der Waals surface area contributed by atoms with Gasteiger partial charge < -0.3 is 29.1 Å². The highest BCUT2D eigenvalue weighted by Gasteiger charge is 2.46. The number of aryl methyl sites for hydroxylation is 1. The van der Waals surface area contributed by atoms with Crippen LogP contribution in [0.25, 0.3) is 5.76 Å². The first kappa shape index (κ1) is 33.0. The van der Waals surface area contributed by atoms with Crippen LogP contribution in [0.1, 0.15) is 70.7 Å². The first-order valence-electron chi connectivity index (χ1n) is 15.1. The Morgan fingerprint density at radius 1 is 0.976 bits per heavy atom. The number of likely N-dealkylation sites (tertiary alicyclic amines) is 1. The number of ether oxygens (including phenoxy) is 3. The van der Waals surface area contributed by atoms with Crippen LogP contribution in [0.2, 0.25) is 0 Å². The number of methoxy groups -OCH3 is 1. The number of likely N-dealkylation sites (N-methyl/N-ethyl adjacent to an activating group) is 1. The van der Waals surface area contributed by atoms with Crippen molar-refractivity contribution in [2.45, 2.75) is 60.9 Å². The second kappa shape index (κ2) is 15.1. The molecule has 42 heavy (non-hydrogen) atoms. The van der Waals surface area contributed by atoms with Crippen LogP contribution in [0.4, 0.5) is 0 Å². The van der Waals surface area contributed by atoms with E-state index in [4.69, 9.17) is 14.2 Å². The van der Waals surface area contributed by atoms with Crippen LogP contribution < -0.4 is 14.2 Å². The molecule has 1 saturated heterocycles. The summed E-state index contributed by atoms with van der Waals surface area (Å²) in [5.74, 6) is 1.13. The van der Waals surface area contributed by atoms with Crippen molar-refractivity contribution < 1.29 is 28.9 Å². The van der Waals surface area contributed by atoms with E-state index in [9.17, 15) is 14.7 Å². The normalized spacial score (nSPS) is 16.6. The van der Waals surface area contributed by atoms with E-state index in [-0.39, 0.29) is 11.3 Å². The van der Waals surface area contributed by atoms with E-state index in [1.807, 2.05) is 25.1 Å². The number of ketones is 1. The monoisotopic (exact) mass is 580 g/mol. The third-order valence-corrected chi connectivity index (χ3v) is 7.58. The highest BCUT2D eigenvalue weighted by atomic mass is 16.5. The fraction of sp³-hybridized carbons (Fsp3) is 0.529. The summed E-state index contributed by atoms with van der Waals surface area (Å²) in [7, 11) is 1.57. The minimum absolute atomic E-state index is 0.0639. The minimum atomic E-state index is -0.782. The molecule has 8 nitrogen and oxygen atoms in total. The molecular weight excluding hydrogens is 532 g/mol. The molecule has 0 radical (unpaired) electrons. The van der Waals surface area contributed by atoms with Gasteiger partial charge in [-0.1, -0.05) is 47.6 Å². The van der Waals surface area contributed by atoms with Crippen molar-refractivity contribution in [3.63, 3.8) is 0 Å². The van der Waals surface area contributed by atoms with Gasteiger partial charge in [-0.15, -0.1) is 0 Å². The average Bonchev–Trinajstić information content (AvgIpc) is 3.21. The summed E-state index contributed by atoms with van der Waals surface area (Å²) in [4.78, 5) is 30.8. The van der Waals surface area contributed by atoms with E-state index >= 15 is 0 Å². The molecule has 1 N–H and O–H groups in total. The molecule has 1 unspecified atom stereocenters. The van der Waals surface area contributed by atoms with Gasteiger partial charge >= 0.3 is 0 Å². The fourth-order valence-electron chi connectivity index (χ4n) is 5.02. The molecule has 1 heterocycles. The highest BCUT2D eigenvalue weighted by molar-refractivity contribution is 6.46. The lowest BCUT2D eigenvalue weighted by Crippen LogP contribution is -2.38. The number of benzene rings is 2. The molecular formula is C34H48N2O6. The summed E-state index contributed by atoms with van der Waals surface area (Å²) in [6.45, 7) is 18.1. The Labute approximate surface area is 251 Å². The Balaban J connectivity index is 2.09. The number of hydrogen-bond acceptors (Lipinski definition) is 7. The minimum Gasteiger partial charge on any atom is -0.507 e. The van der Waals surface area contributed by atoms with E-state index in [1.54, 1.807) is 30.2 Å². The number of Topliss-reactive ketones (excluding diaryl/α,β-unsaturated/α-hetero) is 1. The molecule has 1 aliphatic rings. The van der Waals surface area contributed by atoms with Crippen molar-refractivity contribution in [3.05, 3.63) is 58.7 Å². The van der Waals surface area contributed by atoms with E-state index in [0.717, 1.165) is 25.1 Å². The summed E-state index contributed by atoms with van der Waals surface area (Å²) >= 11 is 0. The third-order valence-electron chi connectivity index (χ3n) is 7.58. The summed E-state index contributed by atoms with van der Waals surface area (Å²) in [5, 5.41) is 11.6.